The van der Waals surface area contributed by atoms with Gasteiger partial charge in [-0.2, -0.15) is 0 Å². The molecule has 23 heavy (non-hydrogen) atoms. The van der Waals surface area contributed by atoms with Crippen molar-refractivity contribution in [2.24, 2.45) is 0 Å². The number of benzene rings is 2. The van der Waals surface area contributed by atoms with E-state index < -0.39 is 0 Å². The van der Waals surface area contributed by atoms with E-state index >= 15 is 0 Å². The van der Waals surface area contributed by atoms with Crippen molar-refractivity contribution >= 4 is 22.5 Å². The highest BCUT2D eigenvalue weighted by atomic mass is 16.5. The SMILES string of the molecule is COc1ccc(C)cc1NC(=O)Cn1ccc2cc(C)ccc21. The zero-order chi connectivity index (χ0) is 16.4. The highest BCUT2D eigenvalue weighted by molar-refractivity contribution is 5.93. The Kier molecular flexibility index (Phi) is 4.06. The van der Waals surface area contributed by atoms with Crippen molar-refractivity contribution in [2.75, 3.05) is 12.4 Å². The quantitative estimate of drug-likeness (QED) is 0.794. The highest BCUT2D eigenvalue weighted by Crippen LogP contribution is 2.25. The van der Waals surface area contributed by atoms with Gasteiger partial charge in [-0.15, -0.1) is 0 Å². The molecule has 0 aliphatic heterocycles. The molecule has 4 nitrogen and oxygen atoms in total. The standard InChI is InChI=1S/C19H20N2O2/c1-13-4-6-17-15(10-13)8-9-21(17)12-19(22)20-16-11-14(2)5-7-18(16)23-3/h4-11H,12H2,1-3H3,(H,20,22). The molecule has 0 radical (unpaired) electrons. The molecule has 0 bridgehead atoms. The summed E-state index contributed by atoms with van der Waals surface area (Å²) in [5, 5.41) is 4.08. The summed E-state index contributed by atoms with van der Waals surface area (Å²) in [6, 6.07) is 14.0. The number of aryl methyl sites for hydroxylation is 2. The van der Waals surface area contributed by atoms with E-state index in [-0.39, 0.29) is 12.5 Å². The Bertz CT molecular complexity index is 865. The molecule has 0 aliphatic carbocycles. The fraction of sp³-hybridized carbons (Fsp3) is 0.211. The molecule has 2 aromatic carbocycles. The minimum Gasteiger partial charge on any atom is -0.495 e. The number of methoxy groups -OCH3 is 1. The van der Waals surface area contributed by atoms with Crippen molar-refractivity contribution in [2.45, 2.75) is 20.4 Å². The van der Waals surface area contributed by atoms with Crippen molar-refractivity contribution in [1.29, 1.82) is 0 Å². The first-order chi connectivity index (χ1) is 11.1. The van der Waals surface area contributed by atoms with Gasteiger partial charge in [0.1, 0.15) is 12.3 Å². The topological polar surface area (TPSA) is 43.3 Å². The third-order valence-corrected chi connectivity index (χ3v) is 3.87. The molecular weight excluding hydrogens is 288 g/mol. The number of hydrogen-bond donors (Lipinski definition) is 1. The lowest BCUT2D eigenvalue weighted by molar-refractivity contribution is -0.116. The summed E-state index contributed by atoms with van der Waals surface area (Å²) >= 11 is 0. The van der Waals surface area contributed by atoms with Crippen LogP contribution in [0.25, 0.3) is 10.9 Å². The maximum atomic E-state index is 12.4. The number of carbonyl (C=O) groups excluding carboxylic acids is 1. The zero-order valence-corrected chi connectivity index (χ0v) is 13.6. The van der Waals surface area contributed by atoms with Crippen molar-refractivity contribution < 1.29 is 9.53 Å². The van der Waals surface area contributed by atoms with Gasteiger partial charge in [0.05, 0.1) is 12.8 Å². The van der Waals surface area contributed by atoms with Crippen molar-refractivity contribution in [1.82, 2.24) is 4.57 Å². The third kappa shape index (κ3) is 3.21. The van der Waals surface area contributed by atoms with E-state index in [1.165, 1.54) is 5.56 Å². The monoisotopic (exact) mass is 308 g/mol. The maximum absolute atomic E-state index is 12.4. The minimum atomic E-state index is -0.0769. The molecule has 1 N–H and O–H groups in total. The molecule has 1 amide bonds. The average molecular weight is 308 g/mol. The van der Waals surface area contributed by atoms with Gasteiger partial charge < -0.3 is 14.6 Å². The summed E-state index contributed by atoms with van der Waals surface area (Å²) in [5.41, 5.74) is 4.04. The lowest BCUT2D eigenvalue weighted by Crippen LogP contribution is -2.18. The predicted octanol–water partition coefficient (Wildman–Crippen LogP) is 3.91. The molecule has 0 unspecified atom stereocenters. The molecule has 0 fully saturated rings. The zero-order valence-electron chi connectivity index (χ0n) is 13.6. The summed E-state index contributed by atoms with van der Waals surface area (Å²) in [5.74, 6) is 0.587. The van der Waals surface area contributed by atoms with Crippen LogP contribution >= 0.6 is 0 Å². The third-order valence-electron chi connectivity index (χ3n) is 3.87. The number of nitrogens with one attached hydrogen (secondary N) is 1. The number of amides is 1. The van der Waals surface area contributed by atoms with Crippen LogP contribution in [0.2, 0.25) is 0 Å². The lowest BCUT2D eigenvalue weighted by atomic mass is 10.2. The first-order valence-corrected chi connectivity index (χ1v) is 7.57. The van der Waals surface area contributed by atoms with Crippen LogP contribution in [-0.2, 0) is 11.3 Å². The van der Waals surface area contributed by atoms with Crippen LogP contribution in [0.3, 0.4) is 0 Å². The Morgan fingerprint density at radius 1 is 1.09 bits per heavy atom. The largest absolute Gasteiger partial charge is 0.495 e. The van der Waals surface area contributed by atoms with E-state index in [2.05, 4.69) is 24.4 Å². The number of carbonyl (C=O) groups is 1. The molecule has 0 saturated carbocycles. The Balaban J connectivity index is 1.80. The van der Waals surface area contributed by atoms with Gasteiger partial charge in [0, 0.05) is 11.7 Å². The molecular formula is C19H20N2O2. The Hall–Kier alpha value is -2.75. The number of nitrogens with zero attached hydrogens (tertiary/aromatic N) is 1. The number of hydrogen-bond acceptors (Lipinski definition) is 2. The second kappa shape index (κ2) is 6.16. The van der Waals surface area contributed by atoms with Gasteiger partial charge in [-0.05, 0) is 55.1 Å². The summed E-state index contributed by atoms with van der Waals surface area (Å²) in [7, 11) is 1.60. The average Bonchev–Trinajstić information content (AvgIpc) is 2.89. The second-order valence-electron chi connectivity index (χ2n) is 5.76. The summed E-state index contributed by atoms with van der Waals surface area (Å²) in [4.78, 5) is 12.4. The van der Waals surface area contributed by atoms with Crippen LogP contribution < -0.4 is 10.1 Å². The van der Waals surface area contributed by atoms with E-state index in [9.17, 15) is 4.79 Å². The summed E-state index contributed by atoms with van der Waals surface area (Å²) in [6.45, 7) is 4.31. The summed E-state index contributed by atoms with van der Waals surface area (Å²) < 4.78 is 7.25. The maximum Gasteiger partial charge on any atom is 0.244 e. The van der Waals surface area contributed by atoms with Crippen LogP contribution in [0.5, 0.6) is 5.75 Å². The molecule has 1 aromatic heterocycles. The van der Waals surface area contributed by atoms with Gasteiger partial charge in [-0.3, -0.25) is 4.79 Å². The number of aromatic nitrogens is 1. The van der Waals surface area contributed by atoms with Crippen LogP contribution in [0.4, 0.5) is 5.69 Å². The first-order valence-electron chi connectivity index (χ1n) is 7.57. The van der Waals surface area contributed by atoms with Crippen LogP contribution in [0, 0.1) is 13.8 Å². The fourth-order valence-corrected chi connectivity index (χ4v) is 2.72. The van der Waals surface area contributed by atoms with Gasteiger partial charge in [0.25, 0.3) is 0 Å². The van der Waals surface area contributed by atoms with Gasteiger partial charge >= 0.3 is 0 Å². The Morgan fingerprint density at radius 2 is 1.83 bits per heavy atom. The van der Waals surface area contributed by atoms with Crippen LogP contribution in [-0.4, -0.2) is 17.6 Å². The molecule has 4 heteroatoms. The van der Waals surface area contributed by atoms with E-state index in [0.29, 0.717) is 11.4 Å². The van der Waals surface area contributed by atoms with Crippen LogP contribution in [0.1, 0.15) is 11.1 Å². The van der Waals surface area contributed by atoms with Gasteiger partial charge in [-0.1, -0.05) is 17.7 Å². The van der Waals surface area contributed by atoms with Gasteiger partial charge in [0.15, 0.2) is 0 Å². The van der Waals surface area contributed by atoms with E-state index in [1.807, 2.05) is 48.0 Å². The number of ether oxygens (including phenoxy) is 1. The highest BCUT2D eigenvalue weighted by Gasteiger charge is 2.10. The molecule has 0 spiro atoms. The molecule has 0 aliphatic rings. The molecule has 1 heterocycles. The number of rotatable bonds is 4. The number of fused-ring (bicyclic) bond motifs is 1. The molecule has 3 aromatic rings. The fourth-order valence-electron chi connectivity index (χ4n) is 2.72. The van der Waals surface area contributed by atoms with E-state index in [0.717, 1.165) is 16.5 Å². The minimum absolute atomic E-state index is 0.0769. The van der Waals surface area contributed by atoms with Crippen LogP contribution in [0.15, 0.2) is 48.7 Å². The molecule has 3 rings (SSSR count). The molecule has 0 saturated heterocycles. The Morgan fingerprint density at radius 3 is 2.61 bits per heavy atom. The first kappa shape index (κ1) is 15.2. The lowest BCUT2D eigenvalue weighted by Gasteiger charge is -2.12. The van der Waals surface area contributed by atoms with Gasteiger partial charge in [0.2, 0.25) is 5.91 Å². The van der Waals surface area contributed by atoms with Gasteiger partial charge in [-0.25, -0.2) is 0 Å². The molecule has 118 valence electrons. The van der Waals surface area contributed by atoms with Crippen molar-refractivity contribution in [3.8, 4) is 5.75 Å². The normalized spacial score (nSPS) is 10.7. The van der Waals surface area contributed by atoms with Crippen molar-refractivity contribution in [3.63, 3.8) is 0 Å². The second-order valence-corrected chi connectivity index (χ2v) is 5.76. The Labute approximate surface area is 135 Å². The molecule has 0 atom stereocenters. The van der Waals surface area contributed by atoms with Crippen molar-refractivity contribution in [3.05, 3.63) is 59.8 Å². The smallest absolute Gasteiger partial charge is 0.244 e. The van der Waals surface area contributed by atoms with E-state index in [4.69, 9.17) is 4.74 Å². The number of anilines is 1. The predicted molar refractivity (Wildman–Crippen MR) is 93.0 cm³/mol. The summed E-state index contributed by atoms with van der Waals surface area (Å²) in [6.07, 6.45) is 1.94. The van der Waals surface area contributed by atoms with E-state index in [1.54, 1.807) is 7.11 Å².